The second-order valence-electron chi connectivity index (χ2n) is 7.58. The van der Waals surface area contributed by atoms with Crippen molar-refractivity contribution in [3.63, 3.8) is 0 Å². The Morgan fingerprint density at radius 3 is 2.71 bits per heavy atom. The molecule has 31 heavy (non-hydrogen) atoms. The van der Waals surface area contributed by atoms with Crippen LogP contribution in [0.4, 0.5) is 5.13 Å². The Bertz CT molecular complexity index is 1230. The Kier molecular flexibility index (Phi) is 5.03. The van der Waals surface area contributed by atoms with Crippen molar-refractivity contribution in [3.05, 3.63) is 77.1 Å². The van der Waals surface area contributed by atoms with Crippen molar-refractivity contribution in [2.75, 3.05) is 11.7 Å². The second kappa shape index (κ2) is 8.00. The Morgan fingerprint density at radius 2 is 1.90 bits per heavy atom. The summed E-state index contributed by atoms with van der Waals surface area (Å²) in [6.07, 6.45) is 3.75. The first kappa shape index (κ1) is 19.5. The quantitative estimate of drug-likeness (QED) is 0.454. The summed E-state index contributed by atoms with van der Waals surface area (Å²) in [4.78, 5) is 24.3. The molecule has 0 saturated heterocycles. The molecule has 1 aliphatic rings. The number of carbonyl (C=O) groups is 1. The predicted octanol–water partition coefficient (Wildman–Crippen LogP) is 4.81. The smallest absolute Gasteiger partial charge is 0.233 e. The van der Waals surface area contributed by atoms with E-state index >= 15 is 0 Å². The minimum absolute atomic E-state index is 0.0305. The molecule has 0 bridgehead atoms. The van der Waals surface area contributed by atoms with Crippen molar-refractivity contribution in [2.24, 2.45) is 0 Å². The van der Waals surface area contributed by atoms with Gasteiger partial charge in [-0.1, -0.05) is 35.6 Å². The maximum absolute atomic E-state index is 13.5. The number of anilines is 1. The van der Waals surface area contributed by atoms with Gasteiger partial charge in [-0.25, -0.2) is 4.98 Å². The molecule has 4 aromatic rings. The van der Waals surface area contributed by atoms with Gasteiger partial charge in [-0.15, -0.1) is 0 Å². The number of rotatable bonds is 5. The van der Waals surface area contributed by atoms with E-state index in [1.807, 2.05) is 37.3 Å². The number of amides is 1. The van der Waals surface area contributed by atoms with E-state index in [1.54, 1.807) is 28.6 Å². The Labute approximate surface area is 184 Å². The summed E-state index contributed by atoms with van der Waals surface area (Å²) in [6.45, 7) is 4.74. The van der Waals surface area contributed by atoms with E-state index in [2.05, 4.69) is 24.0 Å². The molecule has 0 unspecified atom stereocenters. The molecule has 0 spiro atoms. The average Bonchev–Trinajstić information content (AvgIpc) is 3.43. The molecule has 5 rings (SSSR count). The van der Waals surface area contributed by atoms with Crippen LogP contribution in [0.1, 0.15) is 22.3 Å². The second-order valence-corrected chi connectivity index (χ2v) is 8.56. The van der Waals surface area contributed by atoms with Gasteiger partial charge in [0.1, 0.15) is 0 Å². The van der Waals surface area contributed by atoms with Crippen LogP contribution in [0.15, 0.2) is 54.9 Å². The molecule has 0 atom stereocenters. The van der Waals surface area contributed by atoms with Gasteiger partial charge in [0.2, 0.25) is 12.7 Å². The average molecular weight is 432 g/mol. The van der Waals surface area contributed by atoms with Gasteiger partial charge in [0.15, 0.2) is 16.6 Å². The van der Waals surface area contributed by atoms with Crippen LogP contribution in [-0.4, -0.2) is 22.7 Å². The van der Waals surface area contributed by atoms with E-state index in [1.165, 1.54) is 0 Å². The number of pyridine rings is 1. The zero-order valence-electron chi connectivity index (χ0n) is 17.3. The monoisotopic (exact) mass is 431 g/mol. The van der Waals surface area contributed by atoms with Crippen molar-refractivity contribution >= 4 is 32.6 Å². The molecule has 2 aromatic heterocycles. The summed E-state index contributed by atoms with van der Waals surface area (Å²) < 4.78 is 12.0. The maximum atomic E-state index is 13.5. The number of aryl methyl sites for hydroxylation is 2. The molecular weight excluding hydrogens is 410 g/mol. The van der Waals surface area contributed by atoms with Gasteiger partial charge in [-0.05, 0) is 54.3 Å². The fraction of sp³-hybridized carbons (Fsp3) is 0.208. The van der Waals surface area contributed by atoms with Gasteiger partial charge < -0.3 is 9.47 Å². The summed E-state index contributed by atoms with van der Waals surface area (Å²) in [5.41, 5.74) is 5.04. The lowest BCUT2D eigenvalue weighted by atomic mass is 10.1. The Hall–Kier alpha value is -3.45. The van der Waals surface area contributed by atoms with E-state index in [4.69, 9.17) is 14.5 Å². The maximum Gasteiger partial charge on any atom is 0.233 e. The van der Waals surface area contributed by atoms with Crippen LogP contribution in [0.3, 0.4) is 0 Å². The number of carbonyl (C=O) groups excluding carboxylic acids is 1. The van der Waals surface area contributed by atoms with Crippen molar-refractivity contribution in [3.8, 4) is 11.5 Å². The van der Waals surface area contributed by atoms with Gasteiger partial charge in [0, 0.05) is 12.4 Å². The van der Waals surface area contributed by atoms with Crippen LogP contribution in [-0.2, 0) is 17.8 Å². The van der Waals surface area contributed by atoms with E-state index < -0.39 is 0 Å². The van der Waals surface area contributed by atoms with Crippen molar-refractivity contribution < 1.29 is 14.3 Å². The van der Waals surface area contributed by atoms with Crippen LogP contribution in [0, 0.1) is 13.8 Å². The fourth-order valence-electron chi connectivity index (χ4n) is 3.62. The van der Waals surface area contributed by atoms with Gasteiger partial charge in [0.05, 0.1) is 23.2 Å². The highest BCUT2D eigenvalue weighted by Gasteiger charge is 2.23. The van der Waals surface area contributed by atoms with Crippen LogP contribution in [0.5, 0.6) is 11.5 Å². The summed E-state index contributed by atoms with van der Waals surface area (Å²) in [6, 6.07) is 13.6. The van der Waals surface area contributed by atoms with Gasteiger partial charge in [-0.2, -0.15) is 0 Å². The number of hydrogen-bond acceptors (Lipinski definition) is 6. The van der Waals surface area contributed by atoms with Crippen molar-refractivity contribution in [1.82, 2.24) is 9.97 Å². The van der Waals surface area contributed by atoms with Crippen LogP contribution in [0.2, 0.25) is 0 Å². The minimum atomic E-state index is -0.0305. The highest BCUT2D eigenvalue weighted by molar-refractivity contribution is 7.22. The molecule has 1 amide bonds. The molecule has 6 nitrogen and oxygen atoms in total. The van der Waals surface area contributed by atoms with Gasteiger partial charge >= 0.3 is 0 Å². The molecule has 0 N–H and O–H groups in total. The normalized spacial score (nSPS) is 12.3. The number of ether oxygens (including phenoxy) is 2. The first-order valence-electron chi connectivity index (χ1n) is 10.0. The summed E-state index contributed by atoms with van der Waals surface area (Å²) in [7, 11) is 0. The van der Waals surface area contributed by atoms with E-state index in [-0.39, 0.29) is 19.1 Å². The molecule has 0 saturated carbocycles. The van der Waals surface area contributed by atoms with Crippen LogP contribution < -0.4 is 14.4 Å². The number of aromatic nitrogens is 2. The SMILES string of the molecule is Cc1ccc(C)c2sc(N(Cc3cccnc3)C(=O)Cc3ccc4c(c3)OCO4)nc12. The number of nitrogens with zero attached hydrogens (tertiary/aromatic N) is 3. The topological polar surface area (TPSA) is 64.6 Å². The third-order valence-corrected chi connectivity index (χ3v) is 6.53. The first-order chi connectivity index (χ1) is 15.1. The van der Waals surface area contributed by atoms with Crippen molar-refractivity contribution in [2.45, 2.75) is 26.8 Å². The molecule has 2 aromatic carbocycles. The Balaban J connectivity index is 1.50. The molecule has 1 aliphatic heterocycles. The highest BCUT2D eigenvalue weighted by atomic mass is 32.1. The largest absolute Gasteiger partial charge is 0.454 e. The highest BCUT2D eigenvalue weighted by Crippen LogP contribution is 2.35. The van der Waals surface area contributed by atoms with Gasteiger partial charge in [0.25, 0.3) is 0 Å². The third-order valence-electron chi connectivity index (χ3n) is 5.32. The standard InChI is InChI=1S/C24H21N3O3S/c1-15-5-6-16(2)23-22(15)26-24(31-23)27(13-18-4-3-9-25-12-18)21(28)11-17-7-8-19-20(10-17)30-14-29-19/h3-10,12H,11,13-14H2,1-2H3. The van der Waals surface area contributed by atoms with Crippen molar-refractivity contribution in [1.29, 1.82) is 0 Å². The summed E-state index contributed by atoms with van der Waals surface area (Å²) in [5, 5.41) is 0.696. The minimum Gasteiger partial charge on any atom is -0.454 e. The molecule has 3 heterocycles. The zero-order valence-corrected chi connectivity index (χ0v) is 18.1. The van der Waals surface area contributed by atoms with Gasteiger partial charge in [-0.3, -0.25) is 14.7 Å². The first-order valence-corrected chi connectivity index (χ1v) is 10.8. The van der Waals surface area contributed by atoms with E-state index in [0.29, 0.717) is 23.2 Å². The zero-order chi connectivity index (χ0) is 21.4. The molecular formula is C24H21N3O3S. The van der Waals surface area contributed by atoms with Crippen LogP contribution in [0.25, 0.3) is 10.2 Å². The lowest BCUT2D eigenvalue weighted by Crippen LogP contribution is -2.31. The third kappa shape index (κ3) is 3.84. The number of thiazole rings is 1. The van der Waals surface area contributed by atoms with E-state index in [9.17, 15) is 4.79 Å². The predicted molar refractivity (Wildman–Crippen MR) is 121 cm³/mol. The fourth-order valence-corrected chi connectivity index (χ4v) is 4.75. The summed E-state index contributed by atoms with van der Waals surface area (Å²) in [5.74, 6) is 1.35. The molecule has 156 valence electrons. The lowest BCUT2D eigenvalue weighted by molar-refractivity contribution is -0.118. The number of hydrogen-bond donors (Lipinski definition) is 0. The molecule has 0 fully saturated rings. The lowest BCUT2D eigenvalue weighted by Gasteiger charge is -2.20. The molecule has 0 aliphatic carbocycles. The van der Waals surface area contributed by atoms with E-state index in [0.717, 1.165) is 32.5 Å². The van der Waals surface area contributed by atoms with Crippen LogP contribution >= 0.6 is 11.3 Å². The summed E-state index contributed by atoms with van der Waals surface area (Å²) >= 11 is 1.55. The number of fused-ring (bicyclic) bond motifs is 2. The molecule has 7 heteroatoms. The number of benzene rings is 2. The molecule has 0 radical (unpaired) electrons. The Morgan fingerprint density at radius 1 is 1.06 bits per heavy atom.